The topological polar surface area (TPSA) is 9.23 Å². The number of hydrogen-bond acceptors (Lipinski definition) is 1. The lowest BCUT2D eigenvalue weighted by Crippen LogP contribution is -2.12. The highest BCUT2D eigenvalue weighted by Gasteiger charge is 2.37. The summed E-state index contributed by atoms with van der Waals surface area (Å²) in [6.45, 7) is -0.427. The lowest BCUT2D eigenvalue weighted by molar-refractivity contribution is -0.143. The molecular weight excluding hydrogens is 486 g/mol. The molecule has 5 aromatic rings. The Morgan fingerprint density at radius 1 is 0.600 bits per heavy atom. The van der Waals surface area contributed by atoms with E-state index in [-0.39, 0.29) is 22.1 Å². The molecule has 0 N–H and O–H groups in total. The summed E-state index contributed by atoms with van der Waals surface area (Å²) in [5.41, 5.74) is -2.93. The maximum Gasteiger partial charge on any atom is 0.416 e. The van der Waals surface area contributed by atoms with E-state index in [1.54, 1.807) is 12.1 Å². The van der Waals surface area contributed by atoms with Crippen molar-refractivity contribution in [2.45, 2.75) is 19.0 Å². The second-order valence-corrected chi connectivity index (χ2v) is 9.94. The van der Waals surface area contributed by atoms with Crippen molar-refractivity contribution in [3.8, 4) is 10.6 Å². The number of halogens is 6. The smallest absolute Gasteiger partial charge is 0.416 e. The quantitative estimate of drug-likeness (QED) is 0.175. The van der Waals surface area contributed by atoms with E-state index in [9.17, 15) is 26.3 Å². The highest BCUT2D eigenvalue weighted by Crippen LogP contribution is 2.48. The Morgan fingerprint density at radius 3 is 1.57 bits per heavy atom. The van der Waals surface area contributed by atoms with Crippen LogP contribution in [0.2, 0.25) is 0 Å². The number of benzene rings is 4. The summed E-state index contributed by atoms with van der Waals surface area (Å²) in [4.78, 5) is 1.04. The Bertz CT molecular complexity index is 1430. The zero-order chi connectivity index (χ0) is 24.8. The van der Waals surface area contributed by atoms with E-state index < -0.39 is 30.1 Å². The zero-order valence-electron chi connectivity index (χ0n) is 18.0. The largest absolute Gasteiger partial charge is 0.489 e. The predicted octanol–water partition coefficient (Wildman–Crippen LogP) is 9.35. The molecule has 1 nitrogen and oxygen atoms in total. The molecule has 0 aliphatic carbocycles. The highest BCUT2D eigenvalue weighted by molar-refractivity contribution is 7.50. The molecule has 0 amide bonds. The summed E-state index contributed by atoms with van der Waals surface area (Å²) in [6.07, 6.45) is -9.79. The van der Waals surface area contributed by atoms with Crippen molar-refractivity contribution in [2.24, 2.45) is 0 Å². The first-order valence-electron chi connectivity index (χ1n) is 10.6. The first-order valence-corrected chi connectivity index (χ1v) is 11.8. The van der Waals surface area contributed by atoms with Gasteiger partial charge in [0.05, 0.1) is 11.1 Å². The van der Waals surface area contributed by atoms with Gasteiger partial charge in [-0.15, -0.1) is 0 Å². The molecule has 4 aromatic carbocycles. The molecule has 178 valence electrons. The van der Waals surface area contributed by atoms with Gasteiger partial charge in [-0.25, -0.2) is 0 Å². The van der Waals surface area contributed by atoms with Gasteiger partial charge >= 0.3 is 12.4 Å². The van der Waals surface area contributed by atoms with Crippen LogP contribution in [0.5, 0.6) is 5.75 Å². The van der Waals surface area contributed by atoms with E-state index in [1.807, 2.05) is 36.4 Å². The molecule has 0 radical (unpaired) electrons. The second kappa shape index (κ2) is 8.61. The van der Waals surface area contributed by atoms with Gasteiger partial charge in [-0.3, -0.25) is 0 Å². The minimum atomic E-state index is -4.90. The van der Waals surface area contributed by atoms with Gasteiger partial charge in [-0.1, -0.05) is 24.3 Å². The molecule has 0 atom stereocenters. The van der Waals surface area contributed by atoms with Gasteiger partial charge in [0, 0.05) is 33.4 Å². The summed E-state index contributed by atoms with van der Waals surface area (Å²) >= 11 is 0. The van der Waals surface area contributed by atoms with Crippen LogP contribution in [0.1, 0.15) is 16.7 Å². The molecule has 0 aliphatic rings. The van der Waals surface area contributed by atoms with E-state index in [1.165, 1.54) is 20.2 Å². The van der Waals surface area contributed by atoms with E-state index in [0.29, 0.717) is 17.9 Å². The van der Waals surface area contributed by atoms with Crippen LogP contribution < -0.4 is 4.74 Å². The number of thiophene rings is 1. The third kappa shape index (κ3) is 4.58. The van der Waals surface area contributed by atoms with Crippen molar-refractivity contribution >= 4 is 30.6 Å². The Balaban J connectivity index is 1.44. The van der Waals surface area contributed by atoms with Gasteiger partial charge in [-0.2, -0.15) is 26.3 Å². The molecule has 0 spiro atoms. The van der Waals surface area contributed by atoms with Crippen LogP contribution in [0, 0.1) is 0 Å². The minimum absolute atomic E-state index is 0.108. The van der Waals surface area contributed by atoms with Gasteiger partial charge < -0.3 is 4.74 Å². The zero-order valence-corrected chi connectivity index (χ0v) is 18.8. The van der Waals surface area contributed by atoms with Crippen molar-refractivity contribution in [3.05, 3.63) is 108 Å². The Labute approximate surface area is 199 Å². The van der Waals surface area contributed by atoms with Crippen LogP contribution in [0.3, 0.4) is 0 Å². The van der Waals surface area contributed by atoms with Gasteiger partial charge in [0.15, 0.2) is 14.3 Å². The molecule has 0 saturated heterocycles. The maximum atomic E-state index is 13.1. The van der Waals surface area contributed by atoms with E-state index in [4.69, 9.17) is 4.74 Å². The maximum absolute atomic E-state index is 13.1. The van der Waals surface area contributed by atoms with E-state index >= 15 is 0 Å². The Hall–Kier alpha value is -3.52. The van der Waals surface area contributed by atoms with Crippen molar-refractivity contribution in [3.63, 3.8) is 0 Å². The number of fused-ring (bicyclic) bond motifs is 3. The number of ether oxygens (including phenoxy) is 1. The SMILES string of the molecule is FC(F)(F)c1cc(COc2ccc(-[s+]3c4ccccc4c4ccccc43)cc2)cc(C(F)(F)F)c1. The Morgan fingerprint density at radius 2 is 1.09 bits per heavy atom. The molecule has 1 aromatic heterocycles. The Kier molecular flexibility index (Phi) is 5.71. The monoisotopic (exact) mass is 503 g/mol. The van der Waals surface area contributed by atoms with Crippen LogP contribution in [-0.4, -0.2) is 0 Å². The standard InChI is InChI=1S/C27H17F6OS/c28-26(29,30)18-13-17(14-19(15-18)27(31,32)33)16-34-20-9-11-21(12-10-20)35-24-7-3-1-5-22(24)23-6-2-4-8-25(23)35/h1-15H,16H2/q+1. The lowest BCUT2D eigenvalue weighted by Gasteiger charge is -2.14. The molecular formula is C27H17F6OS+. The van der Waals surface area contributed by atoms with Crippen molar-refractivity contribution in [2.75, 3.05) is 0 Å². The van der Waals surface area contributed by atoms with Gasteiger partial charge in [0.25, 0.3) is 0 Å². The van der Waals surface area contributed by atoms with Crippen molar-refractivity contribution in [1.82, 2.24) is 0 Å². The van der Waals surface area contributed by atoms with Crippen molar-refractivity contribution in [1.29, 1.82) is 0 Å². The molecule has 8 heteroatoms. The number of alkyl halides is 6. The van der Waals surface area contributed by atoms with Crippen LogP contribution in [0.25, 0.3) is 25.1 Å². The number of hydrogen-bond donors (Lipinski definition) is 0. The fourth-order valence-corrected chi connectivity index (χ4v) is 6.43. The predicted molar refractivity (Wildman–Crippen MR) is 126 cm³/mol. The average Bonchev–Trinajstić information content (AvgIpc) is 3.16. The first-order chi connectivity index (χ1) is 16.6. The molecule has 35 heavy (non-hydrogen) atoms. The minimum Gasteiger partial charge on any atom is -0.489 e. The molecule has 0 unspecified atom stereocenters. The van der Waals surface area contributed by atoms with Gasteiger partial charge in [0.2, 0.25) is 0 Å². The summed E-state index contributed by atoms with van der Waals surface area (Å²) in [5, 5.41) is 2.36. The van der Waals surface area contributed by atoms with Crippen LogP contribution in [0.15, 0.2) is 91.0 Å². The first kappa shape index (κ1) is 23.2. The molecule has 1 heterocycles. The van der Waals surface area contributed by atoms with Crippen LogP contribution >= 0.6 is 10.5 Å². The molecule has 0 saturated carbocycles. The fourth-order valence-electron chi connectivity index (χ4n) is 4.05. The van der Waals surface area contributed by atoms with E-state index in [2.05, 4.69) is 24.3 Å². The van der Waals surface area contributed by atoms with Crippen molar-refractivity contribution < 1.29 is 31.1 Å². The molecule has 0 aliphatic heterocycles. The third-order valence-electron chi connectivity index (χ3n) is 5.62. The molecule has 5 rings (SSSR count). The number of rotatable bonds is 4. The van der Waals surface area contributed by atoms with E-state index in [0.717, 1.165) is 4.90 Å². The van der Waals surface area contributed by atoms with Gasteiger partial charge in [0.1, 0.15) is 12.4 Å². The molecule has 0 bridgehead atoms. The lowest BCUT2D eigenvalue weighted by atomic mass is 10.1. The average molecular weight is 503 g/mol. The summed E-state index contributed by atoms with van der Waals surface area (Å²) in [7, 11) is -0.320. The molecule has 0 fully saturated rings. The van der Waals surface area contributed by atoms with Crippen LogP contribution in [0.4, 0.5) is 26.3 Å². The third-order valence-corrected chi connectivity index (χ3v) is 7.95. The summed E-state index contributed by atoms with van der Waals surface area (Å²) in [5.74, 6) is 0.351. The fraction of sp³-hybridized carbons (Fsp3) is 0.111. The summed E-state index contributed by atoms with van der Waals surface area (Å²) < 4.78 is 86.5. The highest BCUT2D eigenvalue weighted by atomic mass is 32.2. The second-order valence-electron chi connectivity index (χ2n) is 7.97. The van der Waals surface area contributed by atoms with Crippen LogP contribution in [-0.2, 0) is 19.0 Å². The normalized spacial score (nSPS) is 12.4. The summed E-state index contributed by atoms with van der Waals surface area (Å²) in [6, 6.07) is 24.9. The van der Waals surface area contributed by atoms with Gasteiger partial charge in [-0.05, 0) is 60.2 Å².